The van der Waals surface area contributed by atoms with E-state index in [1.807, 2.05) is 6.92 Å². The number of nitrogens with one attached hydrogen (secondary N) is 1. The van der Waals surface area contributed by atoms with Crippen molar-refractivity contribution < 1.29 is 4.79 Å². The number of carbonyl (C=O) groups excluding carboxylic acids is 1. The summed E-state index contributed by atoms with van der Waals surface area (Å²) in [6, 6.07) is -0.256. The first-order valence-electron chi connectivity index (χ1n) is 6.57. The molecule has 1 amide bonds. The number of carbonyl (C=O) groups is 1. The average molecular weight is 251 g/mol. The van der Waals surface area contributed by atoms with E-state index in [4.69, 9.17) is 5.73 Å². The van der Waals surface area contributed by atoms with Crippen LogP contribution in [0, 0.1) is 5.92 Å². The first-order valence-corrected chi connectivity index (χ1v) is 6.57. The normalized spacial score (nSPS) is 19.7. The van der Waals surface area contributed by atoms with Gasteiger partial charge in [0.1, 0.15) is 18.7 Å². The van der Waals surface area contributed by atoms with Crippen LogP contribution >= 0.6 is 0 Å². The summed E-state index contributed by atoms with van der Waals surface area (Å²) in [5, 5.41) is 7.03. The van der Waals surface area contributed by atoms with E-state index in [1.165, 1.54) is 32.0 Å². The third-order valence-electron chi connectivity index (χ3n) is 3.76. The second-order valence-corrected chi connectivity index (χ2v) is 4.95. The van der Waals surface area contributed by atoms with Gasteiger partial charge in [-0.1, -0.05) is 12.8 Å². The molecule has 0 bridgehead atoms. The highest BCUT2D eigenvalue weighted by molar-refractivity contribution is 5.80. The van der Waals surface area contributed by atoms with Crippen molar-refractivity contribution in [2.24, 2.45) is 11.7 Å². The minimum Gasteiger partial charge on any atom is -0.350 e. The predicted molar refractivity (Wildman–Crippen MR) is 67.7 cm³/mol. The van der Waals surface area contributed by atoms with Crippen LogP contribution in [0.1, 0.15) is 38.6 Å². The van der Waals surface area contributed by atoms with E-state index in [-0.39, 0.29) is 18.0 Å². The molecule has 1 aliphatic rings. The number of amides is 1. The molecule has 2 unspecified atom stereocenters. The van der Waals surface area contributed by atoms with Gasteiger partial charge in [0, 0.05) is 12.6 Å². The van der Waals surface area contributed by atoms with Gasteiger partial charge in [-0.3, -0.25) is 4.79 Å². The van der Waals surface area contributed by atoms with E-state index < -0.39 is 0 Å². The zero-order chi connectivity index (χ0) is 13.0. The molecule has 1 fully saturated rings. The largest absolute Gasteiger partial charge is 0.350 e. The molecule has 18 heavy (non-hydrogen) atoms. The molecule has 3 N–H and O–H groups in total. The molecule has 0 spiro atoms. The van der Waals surface area contributed by atoms with E-state index in [1.54, 1.807) is 11.0 Å². The van der Waals surface area contributed by atoms with Crippen molar-refractivity contribution in [3.05, 3.63) is 12.7 Å². The standard InChI is InChI=1S/C12H21N5O/c1-9(17-8-14-7-15-17)12(18)16-11(6-13)10-4-2-3-5-10/h7-11H,2-6,13H2,1H3,(H,16,18). The zero-order valence-corrected chi connectivity index (χ0v) is 10.7. The fraction of sp³-hybridized carbons (Fsp3) is 0.750. The molecule has 6 nitrogen and oxygen atoms in total. The summed E-state index contributed by atoms with van der Waals surface area (Å²) in [5.41, 5.74) is 5.77. The minimum atomic E-state index is -0.344. The molecule has 0 radical (unpaired) electrons. The Morgan fingerprint density at radius 2 is 2.28 bits per heavy atom. The van der Waals surface area contributed by atoms with Crippen LogP contribution in [0.2, 0.25) is 0 Å². The topological polar surface area (TPSA) is 85.8 Å². The Bertz CT molecular complexity index is 372. The van der Waals surface area contributed by atoms with Crippen LogP contribution in [0.5, 0.6) is 0 Å². The summed E-state index contributed by atoms with van der Waals surface area (Å²) in [5.74, 6) is 0.491. The van der Waals surface area contributed by atoms with Gasteiger partial charge in [-0.15, -0.1) is 0 Å². The lowest BCUT2D eigenvalue weighted by Gasteiger charge is -2.24. The zero-order valence-electron chi connectivity index (χ0n) is 10.7. The lowest BCUT2D eigenvalue weighted by Crippen LogP contribution is -2.46. The molecule has 2 atom stereocenters. The number of hydrogen-bond acceptors (Lipinski definition) is 4. The highest BCUT2D eigenvalue weighted by atomic mass is 16.2. The number of rotatable bonds is 5. The molecule has 0 saturated heterocycles. The lowest BCUT2D eigenvalue weighted by atomic mass is 9.98. The van der Waals surface area contributed by atoms with E-state index in [2.05, 4.69) is 15.4 Å². The highest BCUT2D eigenvalue weighted by Crippen LogP contribution is 2.27. The quantitative estimate of drug-likeness (QED) is 0.796. The maximum Gasteiger partial charge on any atom is 0.244 e. The summed E-state index contributed by atoms with van der Waals surface area (Å²) in [7, 11) is 0. The number of aromatic nitrogens is 3. The van der Waals surface area contributed by atoms with E-state index in [0.717, 1.165) is 0 Å². The van der Waals surface area contributed by atoms with Crippen LogP contribution in [-0.4, -0.2) is 33.3 Å². The molecule has 100 valence electrons. The summed E-state index contributed by atoms with van der Waals surface area (Å²) in [6.45, 7) is 2.31. The van der Waals surface area contributed by atoms with Crippen LogP contribution in [0.25, 0.3) is 0 Å². The van der Waals surface area contributed by atoms with Gasteiger partial charge < -0.3 is 11.1 Å². The van der Waals surface area contributed by atoms with Gasteiger partial charge in [-0.2, -0.15) is 5.10 Å². The van der Waals surface area contributed by atoms with Crippen molar-refractivity contribution in [2.75, 3.05) is 6.54 Å². The number of nitrogens with zero attached hydrogens (tertiary/aromatic N) is 3. The van der Waals surface area contributed by atoms with Crippen LogP contribution in [0.4, 0.5) is 0 Å². The summed E-state index contributed by atoms with van der Waals surface area (Å²) in [4.78, 5) is 16.0. The molecule has 1 aliphatic carbocycles. The Labute approximate surface area is 107 Å². The Balaban J connectivity index is 1.92. The molecule has 0 aliphatic heterocycles. The van der Waals surface area contributed by atoms with Crippen molar-refractivity contribution in [3.8, 4) is 0 Å². The predicted octanol–water partition coefficient (Wildman–Crippen LogP) is 0.473. The summed E-state index contributed by atoms with van der Waals surface area (Å²) in [6.07, 6.45) is 7.81. The Kier molecular flexibility index (Phi) is 4.30. The monoisotopic (exact) mass is 251 g/mol. The van der Waals surface area contributed by atoms with Gasteiger partial charge in [0.25, 0.3) is 0 Å². The maximum atomic E-state index is 12.1. The van der Waals surface area contributed by atoms with Gasteiger partial charge in [0.05, 0.1) is 0 Å². The maximum absolute atomic E-state index is 12.1. The van der Waals surface area contributed by atoms with Crippen molar-refractivity contribution in [2.45, 2.75) is 44.7 Å². The Morgan fingerprint density at radius 3 is 2.83 bits per heavy atom. The molecular formula is C12H21N5O. The Hall–Kier alpha value is -1.43. The van der Waals surface area contributed by atoms with Gasteiger partial charge in [0.15, 0.2) is 0 Å². The SMILES string of the molecule is CC(C(=O)NC(CN)C1CCCC1)n1cncn1. The number of hydrogen-bond donors (Lipinski definition) is 2. The number of nitrogens with two attached hydrogens (primary N) is 1. The molecular weight excluding hydrogens is 230 g/mol. The second kappa shape index (κ2) is 5.95. The smallest absolute Gasteiger partial charge is 0.244 e. The Morgan fingerprint density at radius 1 is 1.56 bits per heavy atom. The van der Waals surface area contributed by atoms with Crippen molar-refractivity contribution in [3.63, 3.8) is 0 Å². The molecule has 1 aromatic heterocycles. The van der Waals surface area contributed by atoms with E-state index >= 15 is 0 Å². The summed E-state index contributed by atoms with van der Waals surface area (Å²) >= 11 is 0. The van der Waals surface area contributed by atoms with Crippen molar-refractivity contribution in [1.82, 2.24) is 20.1 Å². The molecule has 2 rings (SSSR count). The first kappa shape index (κ1) is 13.0. The molecule has 1 aromatic rings. The van der Waals surface area contributed by atoms with Gasteiger partial charge in [-0.25, -0.2) is 9.67 Å². The lowest BCUT2D eigenvalue weighted by molar-refractivity contribution is -0.125. The summed E-state index contributed by atoms with van der Waals surface area (Å²) < 4.78 is 1.55. The molecule has 0 aromatic carbocycles. The third kappa shape index (κ3) is 2.87. The van der Waals surface area contributed by atoms with E-state index in [9.17, 15) is 4.79 Å². The average Bonchev–Trinajstić information content (AvgIpc) is 3.06. The first-order chi connectivity index (χ1) is 8.72. The van der Waals surface area contributed by atoms with Crippen molar-refractivity contribution in [1.29, 1.82) is 0 Å². The fourth-order valence-electron chi connectivity index (χ4n) is 2.57. The second-order valence-electron chi connectivity index (χ2n) is 4.95. The molecule has 1 heterocycles. The van der Waals surface area contributed by atoms with Crippen LogP contribution in [0.15, 0.2) is 12.7 Å². The fourth-order valence-corrected chi connectivity index (χ4v) is 2.57. The van der Waals surface area contributed by atoms with Gasteiger partial charge in [-0.05, 0) is 25.7 Å². The third-order valence-corrected chi connectivity index (χ3v) is 3.76. The highest BCUT2D eigenvalue weighted by Gasteiger charge is 2.27. The van der Waals surface area contributed by atoms with Crippen LogP contribution in [-0.2, 0) is 4.79 Å². The van der Waals surface area contributed by atoms with Gasteiger partial charge >= 0.3 is 0 Å². The van der Waals surface area contributed by atoms with Crippen LogP contribution < -0.4 is 11.1 Å². The van der Waals surface area contributed by atoms with Crippen molar-refractivity contribution >= 4 is 5.91 Å². The van der Waals surface area contributed by atoms with Gasteiger partial charge in [0.2, 0.25) is 5.91 Å². The van der Waals surface area contributed by atoms with E-state index in [0.29, 0.717) is 12.5 Å². The van der Waals surface area contributed by atoms with Crippen LogP contribution in [0.3, 0.4) is 0 Å². The molecule has 6 heteroatoms. The molecule has 1 saturated carbocycles. The minimum absolute atomic E-state index is 0.0390.